The maximum Gasteiger partial charge on any atom is 0.222 e. The Bertz CT molecular complexity index is 433. The number of hydrogen-bond donors (Lipinski definition) is 2. The van der Waals surface area contributed by atoms with E-state index in [1.165, 1.54) is 0 Å². The predicted molar refractivity (Wildman–Crippen MR) is 68.4 cm³/mol. The molecule has 1 aromatic rings. The van der Waals surface area contributed by atoms with Gasteiger partial charge in [-0.1, -0.05) is 6.42 Å². The molecule has 0 bridgehead atoms. The monoisotopic (exact) mass is 249 g/mol. The van der Waals surface area contributed by atoms with Gasteiger partial charge in [0.25, 0.3) is 0 Å². The molecule has 1 heterocycles. The van der Waals surface area contributed by atoms with Gasteiger partial charge in [0, 0.05) is 13.0 Å². The van der Waals surface area contributed by atoms with Crippen molar-refractivity contribution in [3.63, 3.8) is 0 Å². The molecule has 0 spiro atoms. The van der Waals surface area contributed by atoms with Crippen LogP contribution in [-0.4, -0.2) is 27.6 Å². The number of hydrogen-bond acceptors (Lipinski definition) is 3. The van der Waals surface area contributed by atoms with E-state index in [9.17, 15) is 15.0 Å². The summed E-state index contributed by atoms with van der Waals surface area (Å²) in [6.45, 7) is 2.79. The van der Waals surface area contributed by atoms with Gasteiger partial charge >= 0.3 is 0 Å². The standard InChI is InChI=1S/C14H19NO3/c1-10-7-12(16)11(13(17)8-10)9-15-6-4-2-3-5-14(15)18/h7-8,16-17H,2-6,9H2,1H3. The Morgan fingerprint density at radius 3 is 2.50 bits per heavy atom. The highest BCUT2D eigenvalue weighted by Crippen LogP contribution is 2.30. The number of carbonyl (C=O) groups is 1. The van der Waals surface area contributed by atoms with Crippen LogP contribution in [0.25, 0.3) is 0 Å². The smallest absolute Gasteiger partial charge is 0.222 e. The molecule has 1 amide bonds. The topological polar surface area (TPSA) is 60.8 Å². The second kappa shape index (κ2) is 5.29. The maximum absolute atomic E-state index is 11.9. The van der Waals surface area contributed by atoms with Gasteiger partial charge in [-0.15, -0.1) is 0 Å². The molecule has 0 radical (unpaired) electrons. The van der Waals surface area contributed by atoms with E-state index in [4.69, 9.17) is 0 Å². The number of aromatic hydroxyl groups is 2. The Kier molecular flexibility index (Phi) is 3.75. The minimum absolute atomic E-state index is 0.0598. The summed E-state index contributed by atoms with van der Waals surface area (Å²) in [6.07, 6.45) is 3.54. The Morgan fingerprint density at radius 1 is 1.17 bits per heavy atom. The number of carbonyl (C=O) groups excluding carboxylic acids is 1. The number of phenols is 2. The molecule has 0 atom stereocenters. The zero-order valence-electron chi connectivity index (χ0n) is 10.6. The van der Waals surface area contributed by atoms with Crippen LogP contribution in [0.3, 0.4) is 0 Å². The van der Waals surface area contributed by atoms with Crippen molar-refractivity contribution in [2.45, 2.75) is 39.2 Å². The van der Waals surface area contributed by atoms with Crippen molar-refractivity contribution in [2.24, 2.45) is 0 Å². The summed E-state index contributed by atoms with van der Waals surface area (Å²) < 4.78 is 0. The second-order valence-corrected chi connectivity index (χ2v) is 4.91. The Hall–Kier alpha value is -1.71. The highest BCUT2D eigenvalue weighted by Gasteiger charge is 2.19. The molecule has 98 valence electrons. The van der Waals surface area contributed by atoms with Crippen molar-refractivity contribution in [1.82, 2.24) is 4.90 Å². The van der Waals surface area contributed by atoms with Crippen molar-refractivity contribution in [3.05, 3.63) is 23.3 Å². The van der Waals surface area contributed by atoms with E-state index < -0.39 is 0 Å². The molecule has 1 saturated heterocycles. The summed E-state index contributed by atoms with van der Waals surface area (Å²) in [6, 6.07) is 3.22. The van der Waals surface area contributed by atoms with Crippen molar-refractivity contribution in [1.29, 1.82) is 0 Å². The first-order valence-corrected chi connectivity index (χ1v) is 6.37. The minimum atomic E-state index is 0.0598. The van der Waals surface area contributed by atoms with Crippen LogP contribution in [-0.2, 0) is 11.3 Å². The zero-order valence-corrected chi connectivity index (χ0v) is 10.6. The number of phenolic OH excluding ortho intramolecular Hbond substituents is 2. The number of amides is 1. The summed E-state index contributed by atoms with van der Waals surface area (Å²) in [5.74, 6) is 0.223. The molecular formula is C14H19NO3. The molecular weight excluding hydrogens is 230 g/mol. The second-order valence-electron chi connectivity index (χ2n) is 4.91. The van der Waals surface area contributed by atoms with Crippen LogP contribution in [0.4, 0.5) is 0 Å². The highest BCUT2D eigenvalue weighted by molar-refractivity contribution is 5.76. The molecule has 18 heavy (non-hydrogen) atoms. The first kappa shape index (κ1) is 12.7. The van der Waals surface area contributed by atoms with Crippen molar-refractivity contribution in [3.8, 4) is 11.5 Å². The number of likely N-dealkylation sites (tertiary alicyclic amines) is 1. The molecule has 0 aromatic heterocycles. The summed E-state index contributed by atoms with van der Waals surface area (Å²) in [5.41, 5.74) is 1.24. The molecule has 1 aliphatic heterocycles. The molecule has 0 aliphatic carbocycles. The van der Waals surface area contributed by atoms with Crippen molar-refractivity contribution >= 4 is 5.91 Å². The molecule has 1 aromatic carbocycles. The molecule has 1 aliphatic rings. The van der Waals surface area contributed by atoms with Gasteiger partial charge in [-0.25, -0.2) is 0 Å². The van der Waals surface area contributed by atoms with Crippen LogP contribution in [0.15, 0.2) is 12.1 Å². The third kappa shape index (κ3) is 2.75. The molecule has 4 nitrogen and oxygen atoms in total. The van der Waals surface area contributed by atoms with Gasteiger partial charge in [0.05, 0.1) is 12.1 Å². The largest absolute Gasteiger partial charge is 0.507 e. The van der Waals surface area contributed by atoms with E-state index in [1.807, 2.05) is 0 Å². The first-order chi connectivity index (χ1) is 8.58. The fraction of sp³-hybridized carbons (Fsp3) is 0.500. The van der Waals surface area contributed by atoms with Crippen LogP contribution in [0, 0.1) is 6.92 Å². The minimum Gasteiger partial charge on any atom is -0.507 e. The van der Waals surface area contributed by atoms with E-state index in [0.717, 1.165) is 24.8 Å². The van der Waals surface area contributed by atoms with E-state index in [2.05, 4.69) is 0 Å². The lowest BCUT2D eigenvalue weighted by atomic mass is 10.1. The van der Waals surface area contributed by atoms with Crippen LogP contribution in [0.1, 0.15) is 36.8 Å². The molecule has 0 saturated carbocycles. The van der Waals surface area contributed by atoms with Crippen LogP contribution in [0.2, 0.25) is 0 Å². The fourth-order valence-corrected chi connectivity index (χ4v) is 2.34. The van der Waals surface area contributed by atoms with Gasteiger partial charge in [-0.3, -0.25) is 4.79 Å². The lowest BCUT2D eigenvalue weighted by Crippen LogP contribution is -2.29. The van der Waals surface area contributed by atoms with Gasteiger partial charge in [-0.05, 0) is 37.5 Å². The summed E-state index contributed by atoms with van der Waals surface area (Å²) in [4.78, 5) is 13.6. The van der Waals surface area contributed by atoms with Crippen LogP contribution in [0.5, 0.6) is 11.5 Å². The third-order valence-corrected chi connectivity index (χ3v) is 3.37. The van der Waals surface area contributed by atoms with Gasteiger partial charge in [0.1, 0.15) is 11.5 Å². The molecule has 2 N–H and O–H groups in total. The average molecular weight is 249 g/mol. The summed E-state index contributed by atoms with van der Waals surface area (Å²) in [7, 11) is 0. The van der Waals surface area contributed by atoms with E-state index in [-0.39, 0.29) is 24.0 Å². The Balaban J connectivity index is 2.20. The number of nitrogens with zero attached hydrogens (tertiary/aromatic N) is 1. The summed E-state index contributed by atoms with van der Waals surface area (Å²) in [5, 5.41) is 19.7. The van der Waals surface area contributed by atoms with Gasteiger partial charge < -0.3 is 15.1 Å². The Morgan fingerprint density at radius 2 is 1.83 bits per heavy atom. The first-order valence-electron chi connectivity index (χ1n) is 6.37. The maximum atomic E-state index is 11.9. The van der Waals surface area contributed by atoms with E-state index in [0.29, 0.717) is 18.5 Å². The van der Waals surface area contributed by atoms with Crippen LogP contribution >= 0.6 is 0 Å². The SMILES string of the molecule is Cc1cc(O)c(CN2CCCCCC2=O)c(O)c1. The van der Waals surface area contributed by atoms with Crippen molar-refractivity contribution < 1.29 is 15.0 Å². The quantitative estimate of drug-likeness (QED) is 0.845. The molecule has 0 unspecified atom stereocenters. The number of benzene rings is 1. The van der Waals surface area contributed by atoms with E-state index in [1.54, 1.807) is 24.0 Å². The highest BCUT2D eigenvalue weighted by atomic mass is 16.3. The zero-order chi connectivity index (χ0) is 13.1. The van der Waals surface area contributed by atoms with E-state index >= 15 is 0 Å². The summed E-state index contributed by atoms with van der Waals surface area (Å²) >= 11 is 0. The van der Waals surface area contributed by atoms with Crippen molar-refractivity contribution in [2.75, 3.05) is 6.54 Å². The average Bonchev–Trinajstić information content (AvgIpc) is 2.49. The van der Waals surface area contributed by atoms with Gasteiger partial charge in [-0.2, -0.15) is 0 Å². The molecule has 4 heteroatoms. The Labute approximate surface area is 107 Å². The van der Waals surface area contributed by atoms with Gasteiger partial charge in [0.15, 0.2) is 0 Å². The fourth-order valence-electron chi connectivity index (χ4n) is 2.34. The third-order valence-electron chi connectivity index (χ3n) is 3.37. The van der Waals surface area contributed by atoms with Gasteiger partial charge in [0.2, 0.25) is 5.91 Å². The lowest BCUT2D eigenvalue weighted by Gasteiger charge is -2.21. The number of aryl methyl sites for hydroxylation is 1. The van der Waals surface area contributed by atoms with Crippen LogP contribution < -0.4 is 0 Å². The lowest BCUT2D eigenvalue weighted by molar-refractivity contribution is -0.131. The predicted octanol–water partition coefficient (Wildman–Crippen LogP) is 2.31. The normalized spacial score (nSPS) is 16.7. The molecule has 2 rings (SSSR count). The molecule has 1 fully saturated rings. The number of rotatable bonds is 2.